The summed E-state index contributed by atoms with van der Waals surface area (Å²) in [6, 6.07) is 5.10. The number of carbonyl (C=O) groups is 2. The molecule has 0 atom stereocenters. The SMILES string of the molecule is CC1(CNC(=O)c2ccc3c(c2)NC(=O)CO3)CCNCC1.Cl. The second kappa shape index (κ2) is 7.19. The first kappa shape index (κ1) is 17.6. The molecular formula is C16H22ClN3O3. The summed E-state index contributed by atoms with van der Waals surface area (Å²) in [5, 5.41) is 9.05. The third kappa shape index (κ3) is 4.14. The lowest BCUT2D eigenvalue weighted by Crippen LogP contribution is -2.42. The van der Waals surface area contributed by atoms with Crippen molar-refractivity contribution < 1.29 is 14.3 Å². The Bertz CT molecular complexity index is 600. The number of hydrogen-bond acceptors (Lipinski definition) is 4. The molecule has 7 heteroatoms. The van der Waals surface area contributed by atoms with Crippen molar-refractivity contribution in [2.45, 2.75) is 19.8 Å². The van der Waals surface area contributed by atoms with Gasteiger partial charge in [0.25, 0.3) is 11.8 Å². The van der Waals surface area contributed by atoms with Gasteiger partial charge in [0.15, 0.2) is 6.61 Å². The van der Waals surface area contributed by atoms with E-state index in [1.165, 1.54) is 0 Å². The summed E-state index contributed by atoms with van der Waals surface area (Å²) >= 11 is 0. The van der Waals surface area contributed by atoms with Gasteiger partial charge in [0.1, 0.15) is 5.75 Å². The molecule has 1 aromatic rings. The largest absolute Gasteiger partial charge is 0.482 e. The van der Waals surface area contributed by atoms with Gasteiger partial charge in [-0.05, 0) is 49.5 Å². The molecule has 2 aliphatic rings. The number of halogens is 1. The molecule has 0 saturated carbocycles. The minimum atomic E-state index is -0.202. The maximum atomic E-state index is 12.3. The van der Waals surface area contributed by atoms with Crippen LogP contribution in [-0.4, -0.2) is 38.1 Å². The monoisotopic (exact) mass is 339 g/mol. The van der Waals surface area contributed by atoms with Gasteiger partial charge in [-0.15, -0.1) is 12.4 Å². The predicted molar refractivity (Wildman–Crippen MR) is 90.4 cm³/mol. The van der Waals surface area contributed by atoms with Crippen LogP contribution >= 0.6 is 12.4 Å². The van der Waals surface area contributed by atoms with Crippen molar-refractivity contribution in [3.8, 4) is 5.75 Å². The smallest absolute Gasteiger partial charge is 0.262 e. The van der Waals surface area contributed by atoms with Gasteiger partial charge in [-0.1, -0.05) is 6.92 Å². The molecule has 0 spiro atoms. The number of piperidine rings is 1. The predicted octanol–water partition coefficient (Wildman–Crippen LogP) is 1.56. The highest BCUT2D eigenvalue weighted by Gasteiger charge is 2.27. The summed E-state index contributed by atoms with van der Waals surface area (Å²) in [7, 11) is 0. The van der Waals surface area contributed by atoms with E-state index < -0.39 is 0 Å². The topological polar surface area (TPSA) is 79.5 Å². The molecule has 0 radical (unpaired) electrons. The van der Waals surface area contributed by atoms with Gasteiger partial charge in [-0.2, -0.15) is 0 Å². The van der Waals surface area contributed by atoms with E-state index in [0.717, 1.165) is 25.9 Å². The van der Waals surface area contributed by atoms with Crippen LogP contribution in [0.5, 0.6) is 5.75 Å². The molecule has 2 heterocycles. The Hall–Kier alpha value is -1.79. The minimum Gasteiger partial charge on any atom is -0.482 e. The molecular weight excluding hydrogens is 318 g/mol. The van der Waals surface area contributed by atoms with Gasteiger partial charge < -0.3 is 20.7 Å². The number of carbonyl (C=O) groups excluding carboxylic acids is 2. The average Bonchev–Trinajstić information content (AvgIpc) is 2.52. The van der Waals surface area contributed by atoms with Crippen LogP contribution in [-0.2, 0) is 4.79 Å². The van der Waals surface area contributed by atoms with Gasteiger partial charge >= 0.3 is 0 Å². The molecule has 23 heavy (non-hydrogen) atoms. The second-order valence-electron chi connectivity index (χ2n) is 6.29. The van der Waals surface area contributed by atoms with Crippen molar-refractivity contribution in [3.05, 3.63) is 23.8 Å². The van der Waals surface area contributed by atoms with Gasteiger partial charge in [-0.3, -0.25) is 9.59 Å². The normalized spacial score (nSPS) is 18.7. The Morgan fingerprint density at radius 1 is 1.35 bits per heavy atom. The van der Waals surface area contributed by atoms with Crippen molar-refractivity contribution >= 4 is 29.9 Å². The Labute approximate surface area is 141 Å². The average molecular weight is 340 g/mol. The van der Waals surface area contributed by atoms with Gasteiger partial charge in [-0.25, -0.2) is 0 Å². The van der Waals surface area contributed by atoms with E-state index in [-0.39, 0.29) is 36.2 Å². The number of anilines is 1. The molecule has 3 rings (SSSR count). The molecule has 2 amide bonds. The molecule has 1 fully saturated rings. The van der Waals surface area contributed by atoms with Crippen LogP contribution in [0.15, 0.2) is 18.2 Å². The number of ether oxygens (including phenoxy) is 1. The first-order valence-electron chi connectivity index (χ1n) is 7.61. The molecule has 126 valence electrons. The van der Waals surface area contributed by atoms with E-state index in [9.17, 15) is 9.59 Å². The summed E-state index contributed by atoms with van der Waals surface area (Å²) in [4.78, 5) is 23.7. The van der Waals surface area contributed by atoms with Crippen LogP contribution in [0.2, 0.25) is 0 Å². The van der Waals surface area contributed by atoms with Gasteiger partial charge in [0.05, 0.1) is 5.69 Å². The highest BCUT2D eigenvalue weighted by molar-refractivity contribution is 5.99. The number of benzene rings is 1. The molecule has 0 bridgehead atoms. The van der Waals surface area contributed by atoms with Crippen LogP contribution in [0.4, 0.5) is 5.69 Å². The van der Waals surface area contributed by atoms with Gasteiger partial charge in [0, 0.05) is 12.1 Å². The van der Waals surface area contributed by atoms with Crippen molar-refractivity contribution in [2.24, 2.45) is 5.41 Å². The van der Waals surface area contributed by atoms with E-state index in [4.69, 9.17) is 4.74 Å². The van der Waals surface area contributed by atoms with Crippen LogP contribution < -0.4 is 20.7 Å². The summed E-state index contributed by atoms with van der Waals surface area (Å²) in [6.07, 6.45) is 2.11. The van der Waals surface area contributed by atoms with Crippen molar-refractivity contribution in [3.63, 3.8) is 0 Å². The van der Waals surface area contributed by atoms with Crippen LogP contribution in [0.3, 0.4) is 0 Å². The standard InChI is InChI=1S/C16H21N3O3.ClH/c1-16(4-6-17-7-5-16)10-18-15(21)11-2-3-13-12(8-11)19-14(20)9-22-13;/h2-3,8,17H,4-7,9-10H2,1H3,(H,18,21)(H,19,20);1H. The zero-order valence-electron chi connectivity index (χ0n) is 13.1. The summed E-state index contributed by atoms with van der Waals surface area (Å²) in [5.41, 5.74) is 1.23. The summed E-state index contributed by atoms with van der Waals surface area (Å²) < 4.78 is 5.29. The molecule has 6 nitrogen and oxygen atoms in total. The maximum absolute atomic E-state index is 12.3. The molecule has 1 saturated heterocycles. The van der Waals surface area contributed by atoms with Crippen molar-refractivity contribution in [1.29, 1.82) is 0 Å². The molecule has 0 aromatic heterocycles. The van der Waals surface area contributed by atoms with Crippen LogP contribution in [0, 0.1) is 5.41 Å². The van der Waals surface area contributed by atoms with Gasteiger partial charge in [0.2, 0.25) is 0 Å². The number of fused-ring (bicyclic) bond motifs is 1. The number of amides is 2. The van der Waals surface area contributed by atoms with E-state index >= 15 is 0 Å². The second-order valence-corrected chi connectivity index (χ2v) is 6.29. The molecule has 0 aliphatic carbocycles. The zero-order valence-corrected chi connectivity index (χ0v) is 13.9. The Kier molecular flexibility index (Phi) is 5.49. The van der Waals surface area contributed by atoms with Crippen molar-refractivity contribution in [1.82, 2.24) is 10.6 Å². The first-order chi connectivity index (χ1) is 10.6. The first-order valence-corrected chi connectivity index (χ1v) is 7.61. The Morgan fingerprint density at radius 3 is 2.83 bits per heavy atom. The molecule has 2 aliphatic heterocycles. The third-order valence-electron chi connectivity index (χ3n) is 4.36. The van der Waals surface area contributed by atoms with E-state index in [1.54, 1.807) is 18.2 Å². The summed E-state index contributed by atoms with van der Waals surface area (Å²) in [5.74, 6) is 0.274. The molecule has 0 unspecified atom stereocenters. The number of nitrogens with one attached hydrogen (secondary N) is 3. The molecule has 1 aromatic carbocycles. The fourth-order valence-corrected chi connectivity index (χ4v) is 2.83. The number of rotatable bonds is 3. The van der Waals surface area contributed by atoms with E-state index in [0.29, 0.717) is 23.5 Å². The lowest BCUT2D eigenvalue weighted by molar-refractivity contribution is -0.118. The lowest BCUT2D eigenvalue weighted by Gasteiger charge is -2.34. The fourth-order valence-electron chi connectivity index (χ4n) is 2.83. The van der Waals surface area contributed by atoms with E-state index in [2.05, 4.69) is 22.9 Å². The Morgan fingerprint density at radius 2 is 2.09 bits per heavy atom. The minimum absolute atomic E-state index is 0. The van der Waals surface area contributed by atoms with Crippen LogP contribution in [0.1, 0.15) is 30.1 Å². The maximum Gasteiger partial charge on any atom is 0.262 e. The zero-order chi connectivity index (χ0) is 15.6. The Balaban J connectivity index is 0.00000192. The quantitative estimate of drug-likeness (QED) is 0.781. The highest BCUT2D eigenvalue weighted by atomic mass is 35.5. The van der Waals surface area contributed by atoms with E-state index in [1.807, 2.05) is 0 Å². The fraction of sp³-hybridized carbons (Fsp3) is 0.500. The lowest BCUT2D eigenvalue weighted by atomic mass is 9.81. The van der Waals surface area contributed by atoms with Crippen molar-refractivity contribution in [2.75, 3.05) is 31.6 Å². The summed E-state index contributed by atoms with van der Waals surface area (Å²) in [6.45, 7) is 4.87. The molecule has 3 N–H and O–H groups in total. The third-order valence-corrected chi connectivity index (χ3v) is 4.36. The van der Waals surface area contributed by atoms with Crippen LogP contribution in [0.25, 0.3) is 0 Å². The number of hydrogen-bond donors (Lipinski definition) is 3. The highest BCUT2D eigenvalue weighted by Crippen LogP contribution is 2.29.